The average Bonchev–Trinajstić information content (AvgIpc) is 3.37. The van der Waals surface area contributed by atoms with E-state index in [1.807, 2.05) is 13.0 Å². The zero-order valence-corrected chi connectivity index (χ0v) is 19.3. The molecule has 3 aromatic heterocycles. The average molecular weight is 496 g/mol. The summed E-state index contributed by atoms with van der Waals surface area (Å²) in [5.41, 5.74) is 0.133. The Balaban J connectivity index is 1.36. The van der Waals surface area contributed by atoms with E-state index in [2.05, 4.69) is 25.7 Å². The van der Waals surface area contributed by atoms with E-state index < -0.39 is 23.5 Å². The van der Waals surface area contributed by atoms with Gasteiger partial charge in [0.1, 0.15) is 12.1 Å². The first-order chi connectivity index (χ1) is 17.3. The van der Waals surface area contributed by atoms with E-state index in [9.17, 15) is 18.0 Å². The standard InChI is InChI=1S/C25H23F3N6O2/c1-2-15-4-3-5-18(10-15)34-13-19(22(33-34)25(26,27)28)31-23(35)20-14-36-24(32-20)17-8-9-29-21(11-17)30-12-16-6-7-16/h3-5,8-11,13-14,16H,2,6-7,12H2,1H3,(H,29,30)(H,31,35). The number of hydrogen-bond donors (Lipinski definition) is 2. The Morgan fingerprint density at radius 2 is 2.06 bits per heavy atom. The van der Waals surface area contributed by atoms with E-state index >= 15 is 0 Å². The fraction of sp³-hybridized carbons (Fsp3) is 0.280. The summed E-state index contributed by atoms with van der Waals surface area (Å²) in [6.45, 7) is 2.77. The minimum absolute atomic E-state index is 0.153. The molecule has 0 bridgehead atoms. The van der Waals surface area contributed by atoms with Gasteiger partial charge in [-0.2, -0.15) is 18.3 Å². The van der Waals surface area contributed by atoms with Gasteiger partial charge in [-0.25, -0.2) is 14.6 Å². The summed E-state index contributed by atoms with van der Waals surface area (Å²) in [5, 5.41) is 9.21. The van der Waals surface area contributed by atoms with Crippen molar-refractivity contribution < 1.29 is 22.4 Å². The van der Waals surface area contributed by atoms with Crippen LogP contribution in [0.5, 0.6) is 0 Å². The predicted octanol–water partition coefficient (Wildman–Crippen LogP) is 5.58. The lowest BCUT2D eigenvalue weighted by atomic mass is 10.1. The third kappa shape index (κ3) is 5.24. The first-order valence-corrected chi connectivity index (χ1v) is 11.5. The number of carbonyl (C=O) groups is 1. The number of anilines is 2. The van der Waals surface area contributed by atoms with Crippen molar-refractivity contribution in [3.63, 3.8) is 0 Å². The molecule has 1 aromatic carbocycles. The zero-order valence-electron chi connectivity index (χ0n) is 19.3. The van der Waals surface area contributed by atoms with Gasteiger partial charge in [-0.1, -0.05) is 19.1 Å². The molecule has 4 aromatic rings. The van der Waals surface area contributed by atoms with Gasteiger partial charge < -0.3 is 15.1 Å². The van der Waals surface area contributed by atoms with Gasteiger partial charge in [-0.05, 0) is 55.0 Å². The number of amides is 1. The second kappa shape index (κ2) is 9.48. The fourth-order valence-electron chi connectivity index (χ4n) is 3.65. The summed E-state index contributed by atoms with van der Waals surface area (Å²) in [6.07, 6.45) is 2.17. The monoisotopic (exact) mass is 496 g/mol. The molecule has 2 N–H and O–H groups in total. The Morgan fingerprint density at radius 3 is 2.81 bits per heavy atom. The third-order valence-corrected chi connectivity index (χ3v) is 5.83. The fourth-order valence-corrected chi connectivity index (χ4v) is 3.65. The number of aryl methyl sites for hydroxylation is 1. The number of benzene rings is 1. The number of pyridine rings is 1. The van der Waals surface area contributed by atoms with Gasteiger partial charge >= 0.3 is 6.18 Å². The minimum atomic E-state index is -4.77. The second-order valence-corrected chi connectivity index (χ2v) is 8.60. The predicted molar refractivity (Wildman–Crippen MR) is 127 cm³/mol. The number of carbonyl (C=O) groups excluding carboxylic acids is 1. The van der Waals surface area contributed by atoms with E-state index in [1.165, 1.54) is 12.8 Å². The van der Waals surface area contributed by atoms with Gasteiger partial charge in [0.15, 0.2) is 11.4 Å². The normalized spacial score (nSPS) is 13.6. The van der Waals surface area contributed by atoms with Crippen molar-refractivity contribution in [2.24, 2.45) is 5.92 Å². The molecule has 0 unspecified atom stereocenters. The van der Waals surface area contributed by atoms with Gasteiger partial charge in [-0.3, -0.25) is 4.79 Å². The highest BCUT2D eigenvalue weighted by Crippen LogP contribution is 2.35. The molecule has 1 fully saturated rings. The van der Waals surface area contributed by atoms with Crippen molar-refractivity contribution in [2.45, 2.75) is 32.4 Å². The Kier molecular flexibility index (Phi) is 6.21. The van der Waals surface area contributed by atoms with E-state index in [1.54, 1.807) is 36.5 Å². The van der Waals surface area contributed by atoms with Crippen molar-refractivity contribution >= 4 is 17.4 Å². The van der Waals surface area contributed by atoms with Gasteiger partial charge in [-0.15, -0.1) is 0 Å². The van der Waals surface area contributed by atoms with Crippen molar-refractivity contribution in [2.75, 3.05) is 17.2 Å². The summed E-state index contributed by atoms with van der Waals surface area (Å²) >= 11 is 0. The van der Waals surface area contributed by atoms with Gasteiger partial charge in [0.05, 0.1) is 17.6 Å². The molecule has 186 valence electrons. The molecule has 36 heavy (non-hydrogen) atoms. The highest BCUT2D eigenvalue weighted by atomic mass is 19.4. The number of aromatic nitrogens is 4. The molecular weight excluding hydrogens is 473 g/mol. The number of nitrogens with zero attached hydrogens (tertiary/aromatic N) is 4. The minimum Gasteiger partial charge on any atom is -0.444 e. The van der Waals surface area contributed by atoms with Crippen LogP contribution in [0.2, 0.25) is 0 Å². The topological polar surface area (TPSA) is 97.9 Å². The van der Waals surface area contributed by atoms with Crippen LogP contribution in [0.4, 0.5) is 24.7 Å². The van der Waals surface area contributed by atoms with E-state index in [4.69, 9.17) is 4.42 Å². The molecule has 3 heterocycles. The van der Waals surface area contributed by atoms with Crippen molar-refractivity contribution in [1.29, 1.82) is 0 Å². The summed E-state index contributed by atoms with van der Waals surface area (Å²) in [5.74, 6) is 0.616. The Labute approximate surface area is 204 Å². The lowest BCUT2D eigenvalue weighted by Crippen LogP contribution is -2.16. The smallest absolute Gasteiger partial charge is 0.437 e. The van der Waals surface area contributed by atoms with Crippen LogP contribution in [-0.2, 0) is 12.6 Å². The lowest BCUT2D eigenvalue weighted by molar-refractivity contribution is -0.140. The summed E-state index contributed by atoms with van der Waals surface area (Å²) in [6, 6.07) is 10.4. The van der Waals surface area contributed by atoms with Crippen LogP contribution < -0.4 is 10.6 Å². The van der Waals surface area contributed by atoms with Gasteiger partial charge in [0, 0.05) is 18.3 Å². The number of halogens is 3. The summed E-state index contributed by atoms with van der Waals surface area (Å²) in [4.78, 5) is 21.2. The van der Waals surface area contributed by atoms with E-state index in [0.717, 1.165) is 35.7 Å². The maximum absolute atomic E-state index is 13.7. The van der Waals surface area contributed by atoms with Crippen LogP contribution in [0.25, 0.3) is 17.1 Å². The second-order valence-electron chi connectivity index (χ2n) is 8.60. The molecule has 8 nitrogen and oxygen atoms in total. The molecule has 0 radical (unpaired) electrons. The molecule has 1 aliphatic carbocycles. The zero-order chi connectivity index (χ0) is 25.3. The maximum atomic E-state index is 13.7. The number of nitrogens with one attached hydrogen (secondary N) is 2. The third-order valence-electron chi connectivity index (χ3n) is 5.83. The molecule has 5 rings (SSSR count). The molecule has 0 saturated heterocycles. The van der Waals surface area contributed by atoms with Crippen LogP contribution in [0, 0.1) is 5.92 Å². The molecular formula is C25H23F3N6O2. The summed E-state index contributed by atoms with van der Waals surface area (Å²) < 4.78 is 47.6. The first-order valence-electron chi connectivity index (χ1n) is 11.5. The number of hydrogen-bond acceptors (Lipinski definition) is 6. The molecule has 0 aliphatic heterocycles. The summed E-state index contributed by atoms with van der Waals surface area (Å²) in [7, 11) is 0. The van der Waals surface area contributed by atoms with Crippen molar-refractivity contribution in [3.8, 4) is 17.1 Å². The van der Waals surface area contributed by atoms with Crippen LogP contribution >= 0.6 is 0 Å². The molecule has 0 atom stereocenters. The Bertz CT molecular complexity index is 1390. The SMILES string of the molecule is CCc1cccc(-n2cc(NC(=O)c3coc(-c4ccnc(NCC5CC5)c4)n3)c(C(F)(F)F)n2)c1. The molecule has 1 aliphatic rings. The Morgan fingerprint density at radius 1 is 1.22 bits per heavy atom. The number of oxazole rings is 1. The number of alkyl halides is 3. The lowest BCUT2D eigenvalue weighted by Gasteiger charge is -2.06. The van der Waals surface area contributed by atoms with E-state index in [0.29, 0.717) is 23.0 Å². The van der Waals surface area contributed by atoms with Crippen LogP contribution in [0.1, 0.15) is 41.5 Å². The van der Waals surface area contributed by atoms with E-state index in [-0.39, 0.29) is 11.6 Å². The van der Waals surface area contributed by atoms with Crippen molar-refractivity contribution in [3.05, 3.63) is 72.0 Å². The van der Waals surface area contributed by atoms with Crippen LogP contribution in [-0.4, -0.2) is 32.2 Å². The van der Waals surface area contributed by atoms with Gasteiger partial charge in [0.2, 0.25) is 5.89 Å². The highest BCUT2D eigenvalue weighted by molar-refractivity contribution is 6.03. The first kappa shape index (κ1) is 23.6. The molecule has 0 spiro atoms. The maximum Gasteiger partial charge on any atom is 0.437 e. The van der Waals surface area contributed by atoms with Crippen LogP contribution in [0.3, 0.4) is 0 Å². The molecule has 11 heteroatoms. The van der Waals surface area contributed by atoms with Crippen molar-refractivity contribution in [1.82, 2.24) is 19.7 Å². The largest absolute Gasteiger partial charge is 0.444 e. The molecule has 1 saturated carbocycles. The highest BCUT2D eigenvalue weighted by Gasteiger charge is 2.38. The number of rotatable bonds is 8. The molecule has 1 amide bonds. The Hall–Kier alpha value is -4.15. The quantitative estimate of drug-likeness (QED) is 0.331. The van der Waals surface area contributed by atoms with Gasteiger partial charge in [0.25, 0.3) is 5.91 Å². The van der Waals surface area contributed by atoms with Crippen LogP contribution in [0.15, 0.2) is 59.5 Å².